The number of amides is 2. The maximum Gasteiger partial charge on any atom is 0.321 e. The highest BCUT2D eigenvalue weighted by molar-refractivity contribution is 7.99. The molecule has 2 heterocycles. The fourth-order valence-electron chi connectivity index (χ4n) is 2.15. The largest absolute Gasteiger partial charge is 0.323 e. The van der Waals surface area contributed by atoms with Crippen LogP contribution in [0.15, 0.2) is 36.7 Å². The van der Waals surface area contributed by atoms with Gasteiger partial charge in [0, 0.05) is 42.7 Å². The number of hydrogen-bond acceptors (Lipinski definition) is 3. The average Bonchev–Trinajstić information content (AvgIpc) is 3.02. The van der Waals surface area contributed by atoms with Gasteiger partial charge in [0.15, 0.2) is 0 Å². The molecule has 3 rings (SSSR count). The molecule has 0 unspecified atom stereocenters. The van der Waals surface area contributed by atoms with Gasteiger partial charge in [0.05, 0.1) is 10.7 Å². The molecule has 0 saturated carbocycles. The van der Waals surface area contributed by atoms with E-state index in [1.807, 2.05) is 41.1 Å². The quantitative estimate of drug-likeness (QED) is 0.924. The Morgan fingerprint density at radius 1 is 1.33 bits per heavy atom. The van der Waals surface area contributed by atoms with Gasteiger partial charge in [-0.05, 0) is 24.3 Å². The Morgan fingerprint density at radius 3 is 2.81 bits per heavy atom. The molecule has 0 bridgehead atoms. The van der Waals surface area contributed by atoms with Crippen molar-refractivity contribution >= 4 is 35.1 Å². The molecule has 0 radical (unpaired) electrons. The zero-order valence-corrected chi connectivity index (χ0v) is 12.9. The molecule has 1 fully saturated rings. The molecule has 1 aliphatic rings. The van der Waals surface area contributed by atoms with Crippen molar-refractivity contribution in [1.82, 2.24) is 14.7 Å². The van der Waals surface area contributed by atoms with E-state index in [0.29, 0.717) is 10.7 Å². The van der Waals surface area contributed by atoms with Gasteiger partial charge in [-0.1, -0.05) is 11.6 Å². The lowest BCUT2D eigenvalue weighted by molar-refractivity contribution is 0.217. The fraction of sp³-hybridized carbons (Fsp3) is 0.286. The van der Waals surface area contributed by atoms with Gasteiger partial charge in [-0.15, -0.1) is 0 Å². The number of nitrogens with zero attached hydrogens (tertiary/aromatic N) is 3. The number of thioether (sulfide) groups is 1. The van der Waals surface area contributed by atoms with E-state index in [1.165, 1.54) is 0 Å². The number of urea groups is 1. The maximum atomic E-state index is 12.1. The molecule has 2 aromatic rings. The molecular formula is C14H15ClN4OS. The summed E-state index contributed by atoms with van der Waals surface area (Å²) < 4.78 is 1.69. The third-order valence-corrected chi connectivity index (χ3v) is 4.49. The van der Waals surface area contributed by atoms with Gasteiger partial charge in [0.1, 0.15) is 0 Å². The summed E-state index contributed by atoms with van der Waals surface area (Å²) in [5.74, 6) is 1.98. The minimum absolute atomic E-state index is 0.0711. The summed E-state index contributed by atoms with van der Waals surface area (Å²) in [6, 6.07) is 7.18. The molecule has 1 N–H and O–H groups in total. The van der Waals surface area contributed by atoms with Gasteiger partial charge in [-0.2, -0.15) is 16.9 Å². The number of benzene rings is 1. The predicted octanol–water partition coefficient (Wildman–Crippen LogP) is 3.11. The zero-order valence-electron chi connectivity index (χ0n) is 11.3. The first-order chi connectivity index (χ1) is 10.2. The minimum atomic E-state index is -0.0711. The van der Waals surface area contributed by atoms with Crippen LogP contribution in [-0.4, -0.2) is 45.3 Å². The Hall–Kier alpha value is -1.66. The summed E-state index contributed by atoms with van der Waals surface area (Å²) in [6.07, 6.45) is 3.52. The number of carbonyl (C=O) groups is 1. The molecule has 0 aliphatic carbocycles. The van der Waals surface area contributed by atoms with Crippen molar-refractivity contribution in [3.05, 3.63) is 41.7 Å². The summed E-state index contributed by atoms with van der Waals surface area (Å²) in [5, 5.41) is 7.58. The standard InChI is InChI=1S/C14H15ClN4OS/c15-12-10-11(2-3-13(12)19-5-1-4-16-19)17-14(20)18-6-8-21-9-7-18/h1-5,10H,6-9H2,(H,17,20). The molecule has 0 spiro atoms. The number of hydrogen-bond donors (Lipinski definition) is 1. The van der Waals surface area contributed by atoms with Crippen LogP contribution >= 0.6 is 23.4 Å². The number of anilines is 1. The number of nitrogens with one attached hydrogen (secondary N) is 1. The monoisotopic (exact) mass is 322 g/mol. The van der Waals surface area contributed by atoms with Gasteiger partial charge in [0.25, 0.3) is 0 Å². The first-order valence-electron chi connectivity index (χ1n) is 6.67. The Kier molecular flexibility index (Phi) is 4.36. The molecule has 110 valence electrons. The van der Waals surface area contributed by atoms with Crippen molar-refractivity contribution < 1.29 is 4.79 Å². The highest BCUT2D eigenvalue weighted by Gasteiger charge is 2.17. The highest BCUT2D eigenvalue weighted by atomic mass is 35.5. The normalized spacial score (nSPS) is 15.0. The summed E-state index contributed by atoms with van der Waals surface area (Å²) in [5.41, 5.74) is 1.48. The molecule has 1 saturated heterocycles. The van der Waals surface area contributed by atoms with Crippen LogP contribution in [0.2, 0.25) is 5.02 Å². The summed E-state index contributed by atoms with van der Waals surface area (Å²) in [7, 11) is 0. The lowest BCUT2D eigenvalue weighted by Gasteiger charge is -2.26. The Bertz CT molecular complexity index is 626. The van der Waals surface area contributed by atoms with Crippen LogP contribution in [-0.2, 0) is 0 Å². The van der Waals surface area contributed by atoms with Crippen molar-refractivity contribution in [2.75, 3.05) is 29.9 Å². The van der Waals surface area contributed by atoms with Gasteiger partial charge in [0.2, 0.25) is 0 Å². The molecule has 1 aromatic heterocycles. The van der Waals surface area contributed by atoms with E-state index < -0.39 is 0 Å². The lowest BCUT2D eigenvalue weighted by atomic mass is 10.3. The molecule has 1 aromatic carbocycles. The lowest BCUT2D eigenvalue weighted by Crippen LogP contribution is -2.40. The summed E-state index contributed by atoms with van der Waals surface area (Å²) in [6.45, 7) is 1.57. The second-order valence-corrected chi connectivity index (χ2v) is 6.28. The Balaban J connectivity index is 1.72. The van der Waals surface area contributed by atoms with Crippen molar-refractivity contribution in [2.24, 2.45) is 0 Å². The first kappa shape index (κ1) is 14.3. The average molecular weight is 323 g/mol. The van der Waals surface area contributed by atoms with Crippen LogP contribution in [0.25, 0.3) is 5.69 Å². The van der Waals surface area contributed by atoms with E-state index in [1.54, 1.807) is 16.9 Å². The molecule has 0 atom stereocenters. The van der Waals surface area contributed by atoms with E-state index in [2.05, 4.69) is 10.4 Å². The van der Waals surface area contributed by atoms with Crippen LogP contribution in [0, 0.1) is 0 Å². The third kappa shape index (κ3) is 3.33. The highest BCUT2D eigenvalue weighted by Crippen LogP contribution is 2.24. The molecule has 21 heavy (non-hydrogen) atoms. The number of carbonyl (C=O) groups excluding carboxylic acids is 1. The SMILES string of the molecule is O=C(Nc1ccc(-n2cccn2)c(Cl)c1)N1CCSCC1. The number of aromatic nitrogens is 2. The second-order valence-electron chi connectivity index (χ2n) is 4.65. The third-order valence-electron chi connectivity index (χ3n) is 3.25. The van der Waals surface area contributed by atoms with Crippen molar-refractivity contribution in [1.29, 1.82) is 0 Å². The summed E-state index contributed by atoms with van der Waals surface area (Å²) >= 11 is 8.13. The number of rotatable bonds is 2. The molecule has 1 aliphatic heterocycles. The molecular weight excluding hydrogens is 308 g/mol. The van der Waals surface area contributed by atoms with Crippen LogP contribution < -0.4 is 5.32 Å². The topological polar surface area (TPSA) is 50.2 Å². The maximum absolute atomic E-state index is 12.1. The second kappa shape index (κ2) is 6.41. The smallest absolute Gasteiger partial charge is 0.321 e. The Morgan fingerprint density at radius 2 is 2.14 bits per heavy atom. The first-order valence-corrected chi connectivity index (χ1v) is 8.20. The van der Waals surface area contributed by atoms with Gasteiger partial charge in [-0.25, -0.2) is 9.48 Å². The zero-order chi connectivity index (χ0) is 14.7. The van der Waals surface area contributed by atoms with Crippen LogP contribution in [0.3, 0.4) is 0 Å². The van der Waals surface area contributed by atoms with Crippen LogP contribution in [0.5, 0.6) is 0 Å². The van der Waals surface area contributed by atoms with E-state index in [9.17, 15) is 4.79 Å². The van der Waals surface area contributed by atoms with E-state index in [-0.39, 0.29) is 6.03 Å². The Labute approximate surface area is 132 Å². The van der Waals surface area contributed by atoms with Gasteiger partial charge < -0.3 is 10.2 Å². The van der Waals surface area contributed by atoms with E-state index in [0.717, 1.165) is 30.3 Å². The molecule has 2 amide bonds. The van der Waals surface area contributed by atoms with Crippen molar-refractivity contribution in [3.8, 4) is 5.69 Å². The van der Waals surface area contributed by atoms with E-state index >= 15 is 0 Å². The molecule has 7 heteroatoms. The van der Waals surface area contributed by atoms with Crippen molar-refractivity contribution in [3.63, 3.8) is 0 Å². The van der Waals surface area contributed by atoms with Gasteiger partial charge in [-0.3, -0.25) is 0 Å². The minimum Gasteiger partial charge on any atom is -0.323 e. The summed E-state index contributed by atoms with van der Waals surface area (Å²) in [4.78, 5) is 14.0. The molecule has 5 nitrogen and oxygen atoms in total. The predicted molar refractivity (Wildman–Crippen MR) is 86.5 cm³/mol. The van der Waals surface area contributed by atoms with Crippen LogP contribution in [0.1, 0.15) is 0 Å². The number of halogens is 1. The van der Waals surface area contributed by atoms with Crippen LogP contribution in [0.4, 0.5) is 10.5 Å². The van der Waals surface area contributed by atoms with Crippen molar-refractivity contribution in [2.45, 2.75) is 0 Å². The van der Waals surface area contributed by atoms with E-state index in [4.69, 9.17) is 11.6 Å². The fourth-order valence-corrected chi connectivity index (χ4v) is 3.32. The van der Waals surface area contributed by atoms with Gasteiger partial charge >= 0.3 is 6.03 Å².